The van der Waals surface area contributed by atoms with Crippen molar-refractivity contribution in [1.82, 2.24) is 10.2 Å². The monoisotopic (exact) mass is 184 g/mol. The highest BCUT2D eigenvalue weighted by atomic mass is 16.1. The van der Waals surface area contributed by atoms with Crippen molar-refractivity contribution >= 4 is 5.78 Å². The largest absolute Gasteiger partial charge is 0.315 e. The van der Waals surface area contributed by atoms with E-state index in [9.17, 15) is 4.79 Å². The Bertz CT molecular complexity index is 162. The number of nitrogens with one attached hydrogen (secondary N) is 1. The van der Waals surface area contributed by atoms with E-state index in [1.54, 1.807) is 0 Å². The zero-order chi connectivity index (χ0) is 9.68. The van der Waals surface area contributed by atoms with Gasteiger partial charge < -0.3 is 5.32 Å². The van der Waals surface area contributed by atoms with Crippen LogP contribution < -0.4 is 5.32 Å². The van der Waals surface area contributed by atoms with Crippen molar-refractivity contribution in [2.75, 3.05) is 26.2 Å². The number of hydrogen-bond acceptors (Lipinski definition) is 3. The molecule has 76 valence electrons. The van der Waals surface area contributed by atoms with Crippen molar-refractivity contribution in [2.24, 2.45) is 0 Å². The molecule has 0 saturated carbocycles. The Hall–Kier alpha value is -0.410. The summed E-state index contributed by atoms with van der Waals surface area (Å²) in [5.74, 6) is 0.363. The van der Waals surface area contributed by atoms with Crippen molar-refractivity contribution in [3.05, 3.63) is 0 Å². The lowest BCUT2D eigenvalue weighted by molar-refractivity contribution is -0.123. The Kier molecular flexibility index (Phi) is 4.39. The van der Waals surface area contributed by atoms with Gasteiger partial charge in [-0.15, -0.1) is 0 Å². The molecular formula is C10H20N2O. The maximum Gasteiger partial charge on any atom is 0.149 e. The molecule has 13 heavy (non-hydrogen) atoms. The lowest BCUT2D eigenvalue weighted by Crippen LogP contribution is -2.40. The SMILES string of the molecule is CCC(=O)C(C)N1CCCNCC1. The van der Waals surface area contributed by atoms with Crippen LogP contribution in [0.5, 0.6) is 0 Å². The molecule has 3 heteroatoms. The maximum absolute atomic E-state index is 11.5. The minimum Gasteiger partial charge on any atom is -0.315 e. The zero-order valence-corrected chi connectivity index (χ0v) is 8.68. The molecular weight excluding hydrogens is 164 g/mol. The molecule has 0 spiro atoms. The van der Waals surface area contributed by atoms with Gasteiger partial charge in [0.05, 0.1) is 6.04 Å². The second kappa shape index (κ2) is 5.35. The average molecular weight is 184 g/mol. The van der Waals surface area contributed by atoms with Gasteiger partial charge in [0.2, 0.25) is 0 Å². The van der Waals surface area contributed by atoms with Crippen LogP contribution in [0.1, 0.15) is 26.7 Å². The van der Waals surface area contributed by atoms with E-state index in [2.05, 4.69) is 10.2 Å². The van der Waals surface area contributed by atoms with Gasteiger partial charge in [0.1, 0.15) is 5.78 Å². The average Bonchev–Trinajstić information content (AvgIpc) is 2.43. The molecule has 3 nitrogen and oxygen atoms in total. The molecule has 0 amide bonds. The molecule has 1 heterocycles. The normalized spacial score (nSPS) is 22.3. The van der Waals surface area contributed by atoms with Crippen LogP contribution in [0.4, 0.5) is 0 Å². The standard InChI is InChI=1S/C10H20N2O/c1-3-10(13)9(2)12-7-4-5-11-6-8-12/h9,11H,3-8H2,1-2H3. The third-order valence-electron chi connectivity index (χ3n) is 2.74. The van der Waals surface area contributed by atoms with E-state index in [0.29, 0.717) is 12.2 Å². The van der Waals surface area contributed by atoms with E-state index in [1.807, 2.05) is 13.8 Å². The summed E-state index contributed by atoms with van der Waals surface area (Å²) < 4.78 is 0. The molecule has 1 N–H and O–H groups in total. The molecule has 0 aliphatic carbocycles. The van der Waals surface area contributed by atoms with Crippen molar-refractivity contribution in [1.29, 1.82) is 0 Å². The minimum atomic E-state index is 0.116. The van der Waals surface area contributed by atoms with Gasteiger partial charge in [-0.2, -0.15) is 0 Å². The van der Waals surface area contributed by atoms with E-state index in [4.69, 9.17) is 0 Å². The summed E-state index contributed by atoms with van der Waals surface area (Å²) >= 11 is 0. The van der Waals surface area contributed by atoms with Crippen LogP contribution in [0.3, 0.4) is 0 Å². The quantitative estimate of drug-likeness (QED) is 0.699. The number of carbonyl (C=O) groups is 1. The number of hydrogen-bond donors (Lipinski definition) is 1. The van der Waals surface area contributed by atoms with Gasteiger partial charge in [-0.1, -0.05) is 6.92 Å². The first-order valence-corrected chi connectivity index (χ1v) is 5.23. The minimum absolute atomic E-state index is 0.116. The first kappa shape index (κ1) is 10.7. The third kappa shape index (κ3) is 3.08. The highest BCUT2D eigenvalue weighted by Crippen LogP contribution is 2.05. The van der Waals surface area contributed by atoms with E-state index in [-0.39, 0.29) is 6.04 Å². The summed E-state index contributed by atoms with van der Waals surface area (Å²) in [5, 5.41) is 3.34. The van der Waals surface area contributed by atoms with E-state index in [0.717, 1.165) is 32.6 Å². The summed E-state index contributed by atoms with van der Waals surface area (Å²) in [6.07, 6.45) is 1.81. The van der Waals surface area contributed by atoms with E-state index >= 15 is 0 Å². The lowest BCUT2D eigenvalue weighted by Gasteiger charge is -2.25. The second-order valence-corrected chi connectivity index (χ2v) is 3.64. The van der Waals surface area contributed by atoms with Gasteiger partial charge >= 0.3 is 0 Å². The van der Waals surface area contributed by atoms with Crippen LogP contribution in [0.15, 0.2) is 0 Å². The maximum atomic E-state index is 11.5. The third-order valence-corrected chi connectivity index (χ3v) is 2.74. The molecule has 0 aromatic heterocycles. The summed E-state index contributed by atoms with van der Waals surface area (Å²) in [5.41, 5.74) is 0. The van der Waals surface area contributed by atoms with Crippen LogP contribution in [0.2, 0.25) is 0 Å². The predicted octanol–water partition coefficient (Wildman–Crippen LogP) is 0.649. The van der Waals surface area contributed by atoms with Gasteiger partial charge in [0.25, 0.3) is 0 Å². The van der Waals surface area contributed by atoms with E-state index in [1.165, 1.54) is 0 Å². The topological polar surface area (TPSA) is 32.3 Å². The first-order valence-electron chi connectivity index (χ1n) is 5.23. The fourth-order valence-corrected chi connectivity index (χ4v) is 1.75. The van der Waals surface area contributed by atoms with Gasteiger partial charge in [0.15, 0.2) is 0 Å². The number of Topliss-reactive ketones (excluding diaryl/α,β-unsaturated/α-hetero) is 1. The number of ketones is 1. The summed E-state index contributed by atoms with van der Waals surface area (Å²) in [6, 6.07) is 0.116. The van der Waals surface area contributed by atoms with Crippen LogP contribution in [-0.4, -0.2) is 42.9 Å². The fraction of sp³-hybridized carbons (Fsp3) is 0.900. The summed E-state index contributed by atoms with van der Waals surface area (Å²) in [7, 11) is 0. The van der Waals surface area contributed by atoms with Gasteiger partial charge in [0, 0.05) is 26.1 Å². The van der Waals surface area contributed by atoms with Crippen LogP contribution >= 0.6 is 0 Å². The molecule has 1 atom stereocenters. The highest BCUT2D eigenvalue weighted by Gasteiger charge is 2.19. The molecule has 1 rings (SSSR count). The van der Waals surface area contributed by atoms with E-state index < -0.39 is 0 Å². The highest BCUT2D eigenvalue weighted by molar-refractivity contribution is 5.83. The lowest BCUT2D eigenvalue weighted by atomic mass is 10.1. The van der Waals surface area contributed by atoms with Gasteiger partial charge in [-0.05, 0) is 19.9 Å². The summed E-state index contributed by atoms with van der Waals surface area (Å²) in [6.45, 7) is 8.13. The molecule has 0 aromatic rings. The molecule has 1 aliphatic rings. The Balaban J connectivity index is 2.43. The molecule has 0 radical (unpaired) electrons. The fourth-order valence-electron chi connectivity index (χ4n) is 1.75. The van der Waals surface area contributed by atoms with Crippen molar-refractivity contribution < 1.29 is 4.79 Å². The molecule has 0 aromatic carbocycles. The zero-order valence-electron chi connectivity index (χ0n) is 8.68. The number of rotatable bonds is 3. The summed E-state index contributed by atoms with van der Waals surface area (Å²) in [4.78, 5) is 13.7. The van der Waals surface area contributed by atoms with Gasteiger partial charge in [-0.3, -0.25) is 9.69 Å². The van der Waals surface area contributed by atoms with Crippen molar-refractivity contribution in [3.63, 3.8) is 0 Å². The van der Waals surface area contributed by atoms with Gasteiger partial charge in [-0.25, -0.2) is 0 Å². The number of carbonyl (C=O) groups excluding carboxylic acids is 1. The Morgan fingerprint density at radius 1 is 1.46 bits per heavy atom. The van der Waals surface area contributed by atoms with Crippen LogP contribution in [0, 0.1) is 0 Å². The predicted molar refractivity (Wildman–Crippen MR) is 53.8 cm³/mol. The second-order valence-electron chi connectivity index (χ2n) is 3.64. The first-order chi connectivity index (χ1) is 6.25. The molecule has 1 saturated heterocycles. The Labute approximate surface area is 80.5 Å². The number of nitrogens with zero attached hydrogens (tertiary/aromatic N) is 1. The smallest absolute Gasteiger partial charge is 0.149 e. The molecule has 1 aliphatic heterocycles. The molecule has 0 bridgehead atoms. The molecule has 1 fully saturated rings. The van der Waals surface area contributed by atoms with Crippen molar-refractivity contribution in [3.8, 4) is 0 Å². The van der Waals surface area contributed by atoms with Crippen LogP contribution in [0.25, 0.3) is 0 Å². The van der Waals surface area contributed by atoms with Crippen LogP contribution in [-0.2, 0) is 4.79 Å². The van der Waals surface area contributed by atoms with Crippen molar-refractivity contribution in [2.45, 2.75) is 32.7 Å². The molecule has 1 unspecified atom stereocenters. The Morgan fingerprint density at radius 2 is 2.23 bits per heavy atom. The Morgan fingerprint density at radius 3 is 2.92 bits per heavy atom.